The lowest BCUT2D eigenvalue weighted by Crippen LogP contribution is -2.13. The predicted molar refractivity (Wildman–Crippen MR) is 90.8 cm³/mol. The number of carbonyl (C=O) groups excluding carboxylic acids is 1. The molecule has 0 aliphatic rings. The first-order chi connectivity index (χ1) is 10.9. The molecular weight excluding hydrogens is 292 g/mol. The second kappa shape index (κ2) is 7.05. The molecule has 0 aliphatic heterocycles. The number of benzene rings is 2. The molecule has 0 fully saturated rings. The highest BCUT2D eigenvalue weighted by molar-refractivity contribution is 6.04. The van der Waals surface area contributed by atoms with Crippen molar-refractivity contribution >= 4 is 17.3 Å². The topological polar surface area (TPSA) is 72.2 Å². The average Bonchev–Trinajstić information content (AvgIpc) is 2.49. The van der Waals surface area contributed by atoms with Crippen molar-refractivity contribution in [3.8, 4) is 0 Å². The SMILES string of the molecule is Cc1c(NC(=O)c2ccc(CC(C)C)cc2)cccc1[N+](=O)[O-]. The summed E-state index contributed by atoms with van der Waals surface area (Å²) in [4.78, 5) is 22.8. The van der Waals surface area contributed by atoms with Crippen molar-refractivity contribution in [1.29, 1.82) is 0 Å². The summed E-state index contributed by atoms with van der Waals surface area (Å²) in [5.41, 5.74) is 2.61. The molecule has 0 saturated carbocycles. The molecule has 0 atom stereocenters. The van der Waals surface area contributed by atoms with E-state index in [9.17, 15) is 14.9 Å². The highest BCUT2D eigenvalue weighted by atomic mass is 16.6. The van der Waals surface area contributed by atoms with Crippen LogP contribution in [0.5, 0.6) is 0 Å². The molecule has 2 aromatic rings. The Morgan fingerprint density at radius 1 is 1.17 bits per heavy atom. The lowest BCUT2D eigenvalue weighted by molar-refractivity contribution is -0.385. The lowest BCUT2D eigenvalue weighted by atomic mass is 10.0. The molecule has 1 N–H and O–H groups in total. The summed E-state index contributed by atoms with van der Waals surface area (Å²) in [5.74, 6) is 0.284. The van der Waals surface area contributed by atoms with Gasteiger partial charge in [-0.1, -0.05) is 32.0 Å². The van der Waals surface area contributed by atoms with Gasteiger partial charge < -0.3 is 5.32 Å². The summed E-state index contributed by atoms with van der Waals surface area (Å²) in [6, 6.07) is 12.1. The predicted octanol–water partition coefficient (Wildman–Crippen LogP) is 4.35. The van der Waals surface area contributed by atoms with Gasteiger partial charge in [-0.15, -0.1) is 0 Å². The molecule has 0 saturated heterocycles. The Hall–Kier alpha value is -2.69. The van der Waals surface area contributed by atoms with Crippen molar-refractivity contribution in [2.75, 3.05) is 5.32 Å². The third-order valence-corrected chi connectivity index (χ3v) is 3.61. The second-order valence-corrected chi connectivity index (χ2v) is 5.96. The minimum atomic E-state index is -0.453. The van der Waals surface area contributed by atoms with E-state index in [1.54, 1.807) is 31.2 Å². The Morgan fingerprint density at radius 3 is 2.39 bits per heavy atom. The number of carbonyl (C=O) groups is 1. The minimum Gasteiger partial charge on any atom is -0.321 e. The molecule has 5 heteroatoms. The Balaban J connectivity index is 2.16. The van der Waals surface area contributed by atoms with Gasteiger partial charge in [-0.25, -0.2) is 0 Å². The number of rotatable bonds is 5. The van der Waals surface area contributed by atoms with E-state index in [0.29, 0.717) is 22.7 Å². The average molecular weight is 312 g/mol. The van der Waals surface area contributed by atoms with Crippen LogP contribution in [0.4, 0.5) is 11.4 Å². The number of nitro benzene ring substituents is 1. The van der Waals surface area contributed by atoms with Gasteiger partial charge in [-0.3, -0.25) is 14.9 Å². The zero-order valence-electron chi connectivity index (χ0n) is 13.5. The highest BCUT2D eigenvalue weighted by Crippen LogP contribution is 2.25. The number of hydrogen-bond acceptors (Lipinski definition) is 3. The number of anilines is 1. The van der Waals surface area contributed by atoms with E-state index in [4.69, 9.17) is 0 Å². The van der Waals surface area contributed by atoms with Crippen LogP contribution in [-0.2, 0) is 6.42 Å². The molecule has 120 valence electrons. The number of nitrogens with zero attached hydrogens (tertiary/aromatic N) is 1. The van der Waals surface area contributed by atoms with Crippen LogP contribution >= 0.6 is 0 Å². The van der Waals surface area contributed by atoms with Crippen molar-refractivity contribution < 1.29 is 9.72 Å². The molecule has 2 aromatic carbocycles. The fraction of sp³-hybridized carbons (Fsp3) is 0.278. The summed E-state index contributed by atoms with van der Waals surface area (Å²) < 4.78 is 0. The monoisotopic (exact) mass is 312 g/mol. The smallest absolute Gasteiger partial charge is 0.274 e. The van der Waals surface area contributed by atoms with Gasteiger partial charge in [0.1, 0.15) is 0 Å². The van der Waals surface area contributed by atoms with Gasteiger partial charge in [0, 0.05) is 11.6 Å². The minimum absolute atomic E-state index is 0.00455. The molecule has 0 aromatic heterocycles. The Labute approximate surface area is 135 Å². The van der Waals surface area contributed by atoms with E-state index in [2.05, 4.69) is 19.2 Å². The van der Waals surface area contributed by atoms with Crippen LogP contribution in [0.25, 0.3) is 0 Å². The molecule has 0 heterocycles. The summed E-state index contributed by atoms with van der Waals surface area (Å²) in [7, 11) is 0. The van der Waals surface area contributed by atoms with Crippen molar-refractivity contribution in [3.63, 3.8) is 0 Å². The van der Waals surface area contributed by atoms with Crippen LogP contribution in [0.15, 0.2) is 42.5 Å². The van der Waals surface area contributed by atoms with E-state index in [-0.39, 0.29) is 11.6 Å². The molecule has 0 aliphatic carbocycles. The number of amides is 1. The van der Waals surface area contributed by atoms with Gasteiger partial charge in [0.15, 0.2) is 0 Å². The maximum absolute atomic E-state index is 12.3. The number of nitro groups is 1. The number of hydrogen-bond donors (Lipinski definition) is 1. The third-order valence-electron chi connectivity index (χ3n) is 3.61. The van der Waals surface area contributed by atoms with Crippen LogP contribution in [-0.4, -0.2) is 10.8 Å². The van der Waals surface area contributed by atoms with Crippen LogP contribution < -0.4 is 5.32 Å². The molecule has 2 rings (SSSR count). The Bertz CT molecular complexity index is 722. The zero-order chi connectivity index (χ0) is 17.0. The molecule has 0 radical (unpaired) electrons. The third kappa shape index (κ3) is 4.16. The summed E-state index contributed by atoms with van der Waals surface area (Å²) in [6.07, 6.45) is 0.964. The van der Waals surface area contributed by atoms with Crippen molar-refractivity contribution in [3.05, 3.63) is 69.3 Å². The van der Waals surface area contributed by atoms with Gasteiger partial charge in [0.05, 0.1) is 16.2 Å². The van der Waals surface area contributed by atoms with Crippen molar-refractivity contribution in [2.24, 2.45) is 5.92 Å². The van der Waals surface area contributed by atoms with E-state index >= 15 is 0 Å². The fourth-order valence-corrected chi connectivity index (χ4v) is 2.41. The second-order valence-electron chi connectivity index (χ2n) is 5.96. The summed E-state index contributed by atoms with van der Waals surface area (Å²) in [6.45, 7) is 5.91. The lowest BCUT2D eigenvalue weighted by Gasteiger charge is -2.09. The summed E-state index contributed by atoms with van der Waals surface area (Å²) >= 11 is 0. The van der Waals surface area contributed by atoms with Crippen molar-refractivity contribution in [2.45, 2.75) is 27.2 Å². The molecular formula is C18H20N2O3. The maximum Gasteiger partial charge on any atom is 0.274 e. The first-order valence-electron chi connectivity index (χ1n) is 7.52. The summed E-state index contributed by atoms with van der Waals surface area (Å²) in [5, 5.41) is 13.7. The van der Waals surface area contributed by atoms with Gasteiger partial charge >= 0.3 is 0 Å². The van der Waals surface area contributed by atoms with Gasteiger partial charge in [0.2, 0.25) is 0 Å². The van der Waals surface area contributed by atoms with Crippen molar-refractivity contribution in [1.82, 2.24) is 0 Å². The van der Waals surface area contributed by atoms with E-state index in [1.807, 2.05) is 12.1 Å². The quantitative estimate of drug-likeness (QED) is 0.659. The van der Waals surface area contributed by atoms with E-state index in [1.165, 1.54) is 11.6 Å². The van der Waals surface area contributed by atoms with Crippen LogP contribution in [0.2, 0.25) is 0 Å². The Kier molecular flexibility index (Phi) is 5.11. The number of nitrogens with one attached hydrogen (secondary N) is 1. The Morgan fingerprint density at radius 2 is 1.83 bits per heavy atom. The molecule has 5 nitrogen and oxygen atoms in total. The van der Waals surface area contributed by atoms with Crippen LogP contribution in [0, 0.1) is 23.0 Å². The first-order valence-corrected chi connectivity index (χ1v) is 7.52. The zero-order valence-corrected chi connectivity index (χ0v) is 13.5. The standard InChI is InChI=1S/C18H20N2O3/c1-12(2)11-14-7-9-15(10-8-14)18(21)19-16-5-4-6-17(13(16)3)20(22)23/h4-10,12H,11H2,1-3H3,(H,19,21). The molecule has 23 heavy (non-hydrogen) atoms. The molecule has 0 spiro atoms. The van der Waals surface area contributed by atoms with Gasteiger partial charge in [0.25, 0.3) is 11.6 Å². The van der Waals surface area contributed by atoms with E-state index in [0.717, 1.165) is 6.42 Å². The molecule has 1 amide bonds. The largest absolute Gasteiger partial charge is 0.321 e. The maximum atomic E-state index is 12.3. The van der Waals surface area contributed by atoms with E-state index < -0.39 is 4.92 Å². The molecule has 0 unspecified atom stereocenters. The van der Waals surface area contributed by atoms with Gasteiger partial charge in [-0.05, 0) is 43.0 Å². The molecule has 0 bridgehead atoms. The first kappa shape index (κ1) is 16.7. The van der Waals surface area contributed by atoms with Gasteiger partial charge in [-0.2, -0.15) is 0 Å². The fourth-order valence-electron chi connectivity index (χ4n) is 2.41. The van der Waals surface area contributed by atoms with Crippen LogP contribution in [0.3, 0.4) is 0 Å². The normalized spacial score (nSPS) is 10.6. The van der Waals surface area contributed by atoms with Crippen LogP contribution in [0.1, 0.15) is 35.3 Å². The highest BCUT2D eigenvalue weighted by Gasteiger charge is 2.15.